The lowest BCUT2D eigenvalue weighted by molar-refractivity contribution is 0.555. The molecule has 0 aliphatic heterocycles. The summed E-state index contributed by atoms with van der Waals surface area (Å²) in [6.45, 7) is 6.82. The first-order valence-electron chi connectivity index (χ1n) is 8.53. The molecule has 0 bridgehead atoms. The summed E-state index contributed by atoms with van der Waals surface area (Å²) >= 11 is 0. The van der Waals surface area contributed by atoms with Gasteiger partial charge in [-0.3, -0.25) is 0 Å². The molecule has 0 heterocycles. The third-order valence-corrected chi connectivity index (χ3v) is 3.80. The second-order valence-electron chi connectivity index (χ2n) is 5.56. The Bertz CT molecular complexity index is 178. The SMILES string of the molecule is CCC=C(CC)CCCCCCCCCCCC. The first-order chi connectivity index (χ1) is 8.85. The average Bonchev–Trinajstić information content (AvgIpc) is 2.39. The molecule has 0 nitrogen and oxygen atoms in total. The Morgan fingerprint density at radius 1 is 0.667 bits per heavy atom. The lowest BCUT2D eigenvalue weighted by atomic mass is 10.0. The fraction of sp³-hybridized carbons (Fsp3) is 0.889. The van der Waals surface area contributed by atoms with Crippen LogP contribution < -0.4 is 0 Å². The van der Waals surface area contributed by atoms with Gasteiger partial charge in [0, 0.05) is 0 Å². The summed E-state index contributed by atoms with van der Waals surface area (Å²) in [6, 6.07) is 0. The van der Waals surface area contributed by atoms with Crippen LogP contribution in [0.25, 0.3) is 0 Å². The molecule has 0 amide bonds. The van der Waals surface area contributed by atoms with Crippen LogP contribution in [0.4, 0.5) is 0 Å². The van der Waals surface area contributed by atoms with Crippen LogP contribution in [0.1, 0.15) is 104 Å². The third-order valence-electron chi connectivity index (χ3n) is 3.80. The average molecular weight is 252 g/mol. The van der Waals surface area contributed by atoms with E-state index in [0.717, 1.165) is 0 Å². The lowest BCUT2D eigenvalue weighted by Gasteiger charge is -2.05. The topological polar surface area (TPSA) is 0 Å². The van der Waals surface area contributed by atoms with E-state index in [1.54, 1.807) is 5.57 Å². The van der Waals surface area contributed by atoms with Crippen molar-refractivity contribution in [1.29, 1.82) is 0 Å². The minimum atomic E-state index is 1.21. The molecule has 0 aromatic rings. The maximum atomic E-state index is 2.42. The molecule has 0 saturated carbocycles. The maximum Gasteiger partial charge on any atom is -0.0320 e. The van der Waals surface area contributed by atoms with E-state index in [1.165, 1.54) is 83.5 Å². The standard InChI is InChI=1S/C18H36/c1-4-7-8-9-10-11-12-13-14-15-17-18(6-3)16-5-2/h16H,4-15,17H2,1-3H3. The van der Waals surface area contributed by atoms with E-state index in [-0.39, 0.29) is 0 Å². The summed E-state index contributed by atoms with van der Waals surface area (Å²) < 4.78 is 0. The Morgan fingerprint density at radius 2 is 1.17 bits per heavy atom. The monoisotopic (exact) mass is 252 g/mol. The van der Waals surface area contributed by atoms with Gasteiger partial charge in [-0.05, 0) is 25.7 Å². The molecule has 0 aliphatic carbocycles. The van der Waals surface area contributed by atoms with E-state index in [0.29, 0.717) is 0 Å². The highest BCUT2D eigenvalue weighted by Gasteiger charge is 1.95. The molecule has 0 aliphatic rings. The summed E-state index contributed by atoms with van der Waals surface area (Å²) in [5, 5.41) is 0. The zero-order valence-corrected chi connectivity index (χ0v) is 13.3. The number of unbranched alkanes of at least 4 members (excludes halogenated alkanes) is 9. The molecular formula is C18H36. The van der Waals surface area contributed by atoms with E-state index in [9.17, 15) is 0 Å². The number of rotatable bonds is 13. The minimum Gasteiger partial charge on any atom is -0.0856 e. The molecule has 0 aromatic heterocycles. The van der Waals surface area contributed by atoms with Gasteiger partial charge in [0.15, 0.2) is 0 Å². The van der Waals surface area contributed by atoms with Crippen molar-refractivity contribution in [3.05, 3.63) is 11.6 Å². The van der Waals surface area contributed by atoms with Gasteiger partial charge in [0.2, 0.25) is 0 Å². The number of hydrogen-bond acceptors (Lipinski definition) is 0. The maximum absolute atomic E-state index is 2.42. The predicted octanol–water partition coefficient (Wildman–Crippen LogP) is 7.04. The van der Waals surface area contributed by atoms with Crippen LogP contribution in [0.5, 0.6) is 0 Å². The summed E-state index contributed by atoms with van der Waals surface area (Å²) in [7, 11) is 0. The highest BCUT2D eigenvalue weighted by atomic mass is 14.0. The molecular weight excluding hydrogens is 216 g/mol. The smallest absolute Gasteiger partial charge is 0.0320 e. The van der Waals surface area contributed by atoms with Crippen molar-refractivity contribution in [3.63, 3.8) is 0 Å². The van der Waals surface area contributed by atoms with Gasteiger partial charge in [-0.25, -0.2) is 0 Å². The Kier molecular flexibility index (Phi) is 14.6. The molecule has 0 rings (SSSR count). The molecule has 0 unspecified atom stereocenters. The summed E-state index contributed by atoms with van der Waals surface area (Å²) in [5.74, 6) is 0. The van der Waals surface area contributed by atoms with Gasteiger partial charge >= 0.3 is 0 Å². The van der Waals surface area contributed by atoms with E-state index in [4.69, 9.17) is 0 Å². The fourth-order valence-electron chi connectivity index (χ4n) is 2.55. The largest absolute Gasteiger partial charge is 0.0856 e. The fourth-order valence-corrected chi connectivity index (χ4v) is 2.55. The van der Waals surface area contributed by atoms with Crippen molar-refractivity contribution in [3.8, 4) is 0 Å². The van der Waals surface area contributed by atoms with Crippen molar-refractivity contribution in [1.82, 2.24) is 0 Å². The molecule has 0 aromatic carbocycles. The molecule has 0 radical (unpaired) electrons. The molecule has 18 heavy (non-hydrogen) atoms. The Morgan fingerprint density at radius 3 is 1.61 bits per heavy atom. The van der Waals surface area contributed by atoms with Crippen LogP contribution in [0.3, 0.4) is 0 Å². The van der Waals surface area contributed by atoms with Gasteiger partial charge in [-0.15, -0.1) is 0 Å². The second-order valence-corrected chi connectivity index (χ2v) is 5.56. The minimum absolute atomic E-state index is 1.21. The second kappa shape index (κ2) is 14.8. The number of hydrogen-bond donors (Lipinski definition) is 0. The molecule has 0 heteroatoms. The first kappa shape index (κ1) is 17.7. The van der Waals surface area contributed by atoms with E-state index < -0.39 is 0 Å². The van der Waals surface area contributed by atoms with Gasteiger partial charge in [-0.2, -0.15) is 0 Å². The van der Waals surface area contributed by atoms with Gasteiger partial charge in [0.25, 0.3) is 0 Å². The summed E-state index contributed by atoms with van der Waals surface area (Å²) in [5.41, 5.74) is 1.68. The van der Waals surface area contributed by atoms with Gasteiger partial charge in [0.05, 0.1) is 0 Å². The third kappa shape index (κ3) is 12.2. The van der Waals surface area contributed by atoms with E-state index >= 15 is 0 Å². The first-order valence-corrected chi connectivity index (χ1v) is 8.53. The van der Waals surface area contributed by atoms with E-state index in [2.05, 4.69) is 26.8 Å². The molecule has 0 N–H and O–H groups in total. The van der Waals surface area contributed by atoms with Gasteiger partial charge in [-0.1, -0.05) is 90.2 Å². The van der Waals surface area contributed by atoms with Crippen LogP contribution in [-0.4, -0.2) is 0 Å². The zero-order chi connectivity index (χ0) is 13.5. The molecule has 108 valence electrons. The van der Waals surface area contributed by atoms with Gasteiger partial charge < -0.3 is 0 Å². The van der Waals surface area contributed by atoms with Crippen LogP contribution in [0.15, 0.2) is 11.6 Å². The Labute approximate surface area is 116 Å². The van der Waals surface area contributed by atoms with Crippen molar-refractivity contribution in [2.24, 2.45) is 0 Å². The molecule has 0 atom stereocenters. The van der Waals surface area contributed by atoms with Crippen molar-refractivity contribution < 1.29 is 0 Å². The summed E-state index contributed by atoms with van der Waals surface area (Å²) in [6.07, 6.45) is 20.7. The predicted molar refractivity (Wildman–Crippen MR) is 85.1 cm³/mol. The van der Waals surface area contributed by atoms with E-state index in [1.807, 2.05) is 0 Å². The Balaban J connectivity index is 3.18. The van der Waals surface area contributed by atoms with Crippen molar-refractivity contribution in [2.75, 3.05) is 0 Å². The quantitative estimate of drug-likeness (QED) is 0.243. The normalized spacial score (nSPS) is 12.1. The van der Waals surface area contributed by atoms with Crippen LogP contribution >= 0.6 is 0 Å². The Hall–Kier alpha value is -0.260. The number of allylic oxidation sites excluding steroid dienone is 2. The van der Waals surface area contributed by atoms with Crippen molar-refractivity contribution >= 4 is 0 Å². The zero-order valence-electron chi connectivity index (χ0n) is 13.3. The molecule has 0 fully saturated rings. The molecule has 0 saturated heterocycles. The lowest BCUT2D eigenvalue weighted by Crippen LogP contribution is -1.85. The van der Waals surface area contributed by atoms with Crippen LogP contribution in [-0.2, 0) is 0 Å². The van der Waals surface area contributed by atoms with Gasteiger partial charge in [0.1, 0.15) is 0 Å². The van der Waals surface area contributed by atoms with Crippen LogP contribution in [0.2, 0.25) is 0 Å². The highest BCUT2D eigenvalue weighted by molar-refractivity contribution is 5.00. The summed E-state index contributed by atoms with van der Waals surface area (Å²) in [4.78, 5) is 0. The molecule has 0 spiro atoms. The van der Waals surface area contributed by atoms with Crippen LogP contribution in [0, 0.1) is 0 Å². The highest BCUT2D eigenvalue weighted by Crippen LogP contribution is 2.15. The van der Waals surface area contributed by atoms with Crippen molar-refractivity contribution in [2.45, 2.75) is 104 Å².